The SMILES string of the molecule is C=CC[C@@H]1O[C@H](CC2COC(C)(C)O2)CC1CS(=O)(=O)c1ccccc1. The average molecular weight is 381 g/mol. The summed E-state index contributed by atoms with van der Waals surface area (Å²) >= 11 is 0. The second kappa shape index (κ2) is 7.80. The molecular formula is C20H28O5S. The predicted molar refractivity (Wildman–Crippen MR) is 99.6 cm³/mol. The average Bonchev–Trinajstić information content (AvgIpc) is 3.11. The third kappa shape index (κ3) is 4.74. The normalized spacial score (nSPS) is 31.2. The van der Waals surface area contributed by atoms with E-state index in [0.29, 0.717) is 24.3 Å². The van der Waals surface area contributed by atoms with Gasteiger partial charge in [-0.3, -0.25) is 0 Å². The van der Waals surface area contributed by atoms with Crippen molar-refractivity contribution in [3.8, 4) is 0 Å². The molecule has 144 valence electrons. The topological polar surface area (TPSA) is 61.8 Å². The van der Waals surface area contributed by atoms with Crippen LogP contribution in [0.2, 0.25) is 0 Å². The smallest absolute Gasteiger partial charge is 0.178 e. The van der Waals surface area contributed by atoms with Crippen molar-refractivity contribution >= 4 is 9.84 Å². The summed E-state index contributed by atoms with van der Waals surface area (Å²) in [5.74, 6) is -0.502. The standard InChI is InChI=1S/C20H28O5S/c1-4-8-19-15(14-26(21,22)18-9-6-5-7-10-18)11-16(24-19)12-17-13-23-20(2,3)25-17/h4-7,9-10,15-17,19H,1,8,11-14H2,2-3H3/t15?,16-,17?,19-/m0/s1. The molecule has 2 unspecified atom stereocenters. The van der Waals surface area contributed by atoms with Crippen LogP contribution in [-0.2, 0) is 24.0 Å². The van der Waals surface area contributed by atoms with Crippen LogP contribution in [-0.4, -0.2) is 44.9 Å². The molecule has 2 aliphatic rings. The molecule has 2 aliphatic heterocycles. The number of hydrogen-bond acceptors (Lipinski definition) is 5. The number of ether oxygens (including phenoxy) is 3. The molecule has 0 amide bonds. The third-order valence-electron chi connectivity index (χ3n) is 4.99. The van der Waals surface area contributed by atoms with Gasteiger partial charge in [0.15, 0.2) is 15.6 Å². The van der Waals surface area contributed by atoms with Gasteiger partial charge in [0.2, 0.25) is 0 Å². The maximum Gasteiger partial charge on any atom is 0.178 e. The Kier molecular flexibility index (Phi) is 5.87. The molecule has 4 atom stereocenters. The maximum atomic E-state index is 12.7. The Morgan fingerprint density at radius 3 is 2.58 bits per heavy atom. The van der Waals surface area contributed by atoms with Crippen LogP contribution in [0.1, 0.15) is 33.1 Å². The highest BCUT2D eigenvalue weighted by molar-refractivity contribution is 7.91. The largest absolute Gasteiger partial charge is 0.374 e. The Morgan fingerprint density at radius 2 is 1.96 bits per heavy atom. The molecule has 1 aromatic rings. The lowest BCUT2D eigenvalue weighted by atomic mass is 9.97. The van der Waals surface area contributed by atoms with Crippen molar-refractivity contribution in [1.29, 1.82) is 0 Å². The first-order chi connectivity index (χ1) is 12.3. The molecule has 0 aliphatic carbocycles. The van der Waals surface area contributed by atoms with Gasteiger partial charge in [-0.15, -0.1) is 6.58 Å². The molecule has 2 heterocycles. The van der Waals surface area contributed by atoms with Crippen LogP contribution in [0.4, 0.5) is 0 Å². The number of sulfone groups is 1. The van der Waals surface area contributed by atoms with Gasteiger partial charge < -0.3 is 14.2 Å². The monoisotopic (exact) mass is 380 g/mol. The van der Waals surface area contributed by atoms with Crippen molar-refractivity contribution in [3.63, 3.8) is 0 Å². The molecule has 0 N–H and O–H groups in total. The van der Waals surface area contributed by atoms with Crippen LogP contribution in [0.25, 0.3) is 0 Å². The molecule has 2 saturated heterocycles. The van der Waals surface area contributed by atoms with E-state index in [9.17, 15) is 8.42 Å². The first-order valence-electron chi connectivity index (χ1n) is 9.15. The van der Waals surface area contributed by atoms with E-state index in [1.165, 1.54) is 0 Å². The highest BCUT2D eigenvalue weighted by Gasteiger charge is 2.41. The van der Waals surface area contributed by atoms with E-state index in [0.717, 1.165) is 6.42 Å². The fourth-order valence-electron chi connectivity index (χ4n) is 3.82. The van der Waals surface area contributed by atoms with E-state index in [1.54, 1.807) is 30.3 Å². The van der Waals surface area contributed by atoms with Crippen LogP contribution >= 0.6 is 0 Å². The first kappa shape index (κ1) is 19.5. The van der Waals surface area contributed by atoms with Gasteiger partial charge in [-0.25, -0.2) is 8.42 Å². The minimum atomic E-state index is -3.33. The molecule has 2 fully saturated rings. The van der Waals surface area contributed by atoms with E-state index in [-0.39, 0.29) is 30.0 Å². The van der Waals surface area contributed by atoms with E-state index in [4.69, 9.17) is 14.2 Å². The lowest BCUT2D eigenvalue weighted by Crippen LogP contribution is -2.24. The van der Waals surface area contributed by atoms with E-state index in [1.807, 2.05) is 19.9 Å². The van der Waals surface area contributed by atoms with Crippen LogP contribution in [0.5, 0.6) is 0 Å². The van der Waals surface area contributed by atoms with Crippen LogP contribution < -0.4 is 0 Å². The number of benzene rings is 1. The molecule has 0 radical (unpaired) electrons. The van der Waals surface area contributed by atoms with Crippen molar-refractivity contribution in [2.24, 2.45) is 5.92 Å². The van der Waals surface area contributed by atoms with Gasteiger partial charge in [-0.05, 0) is 38.8 Å². The van der Waals surface area contributed by atoms with Crippen LogP contribution in [0, 0.1) is 5.92 Å². The van der Waals surface area contributed by atoms with Crippen molar-refractivity contribution in [2.45, 2.75) is 62.1 Å². The molecule has 3 rings (SSSR count). The van der Waals surface area contributed by atoms with Crippen molar-refractivity contribution in [3.05, 3.63) is 43.0 Å². The van der Waals surface area contributed by atoms with Gasteiger partial charge >= 0.3 is 0 Å². The van der Waals surface area contributed by atoms with Gasteiger partial charge in [-0.2, -0.15) is 0 Å². The summed E-state index contributed by atoms with van der Waals surface area (Å²) < 4.78 is 43.1. The second-order valence-electron chi connectivity index (χ2n) is 7.60. The Morgan fingerprint density at radius 1 is 1.23 bits per heavy atom. The first-order valence-corrected chi connectivity index (χ1v) is 10.8. The zero-order valence-corrected chi connectivity index (χ0v) is 16.3. The molecule has 1 aromatic carbocycles. The Balaban J connectivity index is 1.65. The van der Waals surface area contributed by atoms with E-state index >= 15 is 0 Å². The summed E-state index contributed by atoms with van der Waals surface area (Å²) in [6.45, 7) is 8.14. The van der Waals surface area contributed by atoms with Gasteiger partial charge in [-0.1, -0.05) is 24.3 Å². The van der Waals surface area contributed by atoms with Crippen LogP contribution in [0.3, 0.4) is 0 Å². The van der Waals surface area contributed by atoms with Crippen LogP contribution in [0.15, 0.2) is 47.9 Å². The molecule has 26 heavy (non-hydrogen) atoms. The number of hydrogen-bond donors (Lipinski definition) is 0. The zero-order chi connectivity index (χ0) is 18.8. The van der Waals surface area contributed by atoms with Gasteiger partial charge in [0.1, 0.15) is 0 Å². The summed E-state index contributed by atoms with van der Waals surface area (Å²) in [5.41, 5.74) is 0. The summed E-state index contributed by atoms with van der Waals surface area (Å²) in [7, 11) is -3.33. The molecule has 5 nitrogen and oxygen atoms in total. The Bertz CT molecular complexity index is 713. The Labute approximate surface area is 156 Å². The molecule has 0 aromatic heterocycles. The van der Waals surface area contributed by atoms with Crippen molar-refractivity contribution in [1.82, 2.24) is 0 Å². The third-order valence-corrected chi connectivity index (χ3v) is 6.84. The minimum Gasteiger partial charge on any atom is -0.374 e. The molecule has 0 spiro atoms. The highest BCUT2D eigenvalue weighted by atomic mass is 32.2. The van der Waals surface area contributed by atoms with Crippen molar-refractivity contribution < 1.29 is 22.6 Å². The minimum absolute atomic E-state index is 0.0103. The quantitative estimate of drug-likeness (QED) is 0.679. The molecule has 6 heteroatoms. The fraction of sp³-hybridized carbons (Fsp3) is 0.600. The lowest BCUT2D eigenvalue weighted by Gasteiger charge is -2.19. The second-order valence-corrected chi connectivity index (χ2v) is 9.63. The van der Waals surface area contributed by atoms with E-state index < -0.39 is 15.6 Å². The molecule has 0 bridgehead atoms. The highest BCUT2D eigenvalue weighted by Crippen LogP contribution is 2.35. The zero-order valence-electron chi connectivity index (χ0n) is 15.5. The summed E-state index contributed by atoms with van der Waals surface area (Å²) in [4.78, 5) is 0.370. The van der Waals surface area contributed by atoms with Crippen molar-refractivity contribution in [2.75, 3.05) is 12.4 Å². The fourth-order valence-corrected chi connectivity index (χ4v) is 5.50. The predicted octanol–water partition coefficient (Wildman–Crippen LogP) is 3.35. The molecule has 0 saturated carbocycles. The summed E-state index contributed by atoms with van der Waals surface area (Å²) in [6, 6.07) is 8.62. The summed E-state index contributed by atoms with van der Waals surface area (Å²) in [5, 5.41) is 0. The summed E-state index contributed by atoms with van der Waals surface area (Å²) in [6.07, 6.45) is 3.74. The van der Waals surface area contributed by atoms with E-state index in [2.05, 4.69) is 6.58 Å². The van der Waals surface area contributed by atoms with Gasteiger partial charge in [0, 0.05) is 12.3 Å². The maximum absolute atomic E-state index is 12.7. The lowest BCUT2D eigenvalue weighted by molar-refractivity contribution is -0.142. The molecular weight excluding hydrogens is 352 g/mol. The van der Waals surface area contributed by atoms with Gasteiger partial charge in [0.25, 0.3) is 0 Å². The Hall–Kier alpha value is -1.21. The number of rotatable bonds is 7. The van der Waals surface area contributed by atoms with Gasteiger partial charge in [0.05, 0.1) is 35.6 Å².